The molecule has 0 aliphatic heterocycles. The van der Waals surface area contributed by atoms with E-state index < -0.39 is 23.8 Å². The number of esters is 1. The van der Waals surface area contributed by atoms with Gasteiger partial charge in [-0.15, -0.1) is 0 Å². The van der Waals surface area contributed by atoms with E-state index in [0.29, 0.717) is 11.3 Å². The van der Waals surface area contributed by atoms with Gasteiger partial charge in [0, 0.05) is 5.69 Å². The molecule has 0 fully saturated rings. The van der Waals surface area contributed by atoms with Gasteiger partial charge in [0.05, 0.1) is 6.42 Å². The molecular formula is C19H20FNO3. The standard InChI is InChI=1S/C19H20FNO3/c1-12-7-8-13(2)17(9-12)21-19(23)14(3)24-18(22)11-15-5-4-6-16(20)10-15/h4-10,14H,11H2,1-3H3,(H,21,23)/t14-/m1/s1. The molecule has 2 rings (SSSR count). The predicted molar refractivity (Wildman–Crippen MR) is 90.2 cm³/mol. The van der Waals surface area contributed by atoms with Gasteiger partial charge >= 0.3 is 5.97 Å². The summed E-state index contributed by atoms with van der Waals surface area (Å²) in [5.74, 6) is -1.40. The maximum atomic E-state index is 13.1. The van der Waals surface area contributed by atoms with Crippen molar-refractivity contribution in [3.05, 3.63) is 65.0 Å². The molecule has 0 saturated carbocycles. The lowest BCUT2D eigenvalue weighted by Gasteiger charge is -2.15. The summed E-state index contributed by atoms with van der Waals surface area (Å²) in [4.78, 5) is 24.1. The van der Waals surface area contributed by atoms with Gasteiger partial charge in [0.15, 0.2) is 6.10 Å². The Labute approximate surface area is 140 Å². The van der Waals surface area contributed by atoms with Crippen LogP contribution in [0.15, 0.2) is 42.5 Å². The SMILES string of the molecule is Cc1ccc(C)c(NC(=O)[C@@H](C)OC(=O)Cc2cccc(F)c2)c1. The number of amides is 1. The number of benzene rings is 2. The fourth-order valence-corrected chi connectivity index (χ4v) is 2.21. The van der Waals surface area contributed by atoms with Crippen molar-refractivity contribution in [2.75, 3.05) is 5.32 Å². The third kappa shape index (κ3) is 4.91. The molecule has 2 aromatic carbocycles. The zero-order chi connectivity index (χ0) is 17.7. The fourth-order valence-electron chi connectivity index (χ4n) is 2.21. The topological polar surface area (TPSA) is 55.4 Å². The summed E-state index contributed by atoms with van der Waals surface area (Å²) in [5.41, 5.74) is 3.13. The van der Waals surface area contributed by atoms with E-state index in [4.69, 9.17) is 4.74 Å². The molecule has 1 atom stereocenters. The minimum atomic E-state index is -0.939. The molecule has 1 N–H and O–H groups in total. The van der Waals surface area contributed by atoms with Crippen LogP contribution in [0.4, 0.5) is 10.1 Å². The van der Waals surface area contributed by atoms with Crippen molar-refractivity contribution in [1.29, 1.82) is 0 Å². The number of hydrogen-bond acceptors (Lipinski definition) is 3. The molecule has 0 saturated heterocycles. The van der Waals surface area contributed by atoms with E-state index in [1.165, 1.54) is 25.1 Å². The smallest absolute Gasteiger partial charge is 0.311 e. The second kappa shape index (κ2) is 7.73. The van der Waals surface area contributed by atoms with Gasteiger partial charge in [-0.1, -0.05) is 24.3 Å². The molecule has 0 unspecified atom stereocenters. The summed E-state index contributed by atoms with van der Waals surface area (Å²) in [7, 11) is 0. The molecule has 5 heteroatoms. The number of nitrogens with one attached hydrogen (secondary N) is 1. The quantitative estimate of drug-likeness (QED) is 0.854. The van der Waals surface area contributed by atoms with Gasteiger partial charge in [-0.05, 0) is 55.7 Å². The van der Waals surface area contributed by atoms with Gasteiger partial charge in [-0.2, -0.15) is 0 Å². The minimum Gasteiger partial charge on any atom is -0.452 e. The lowest BCUT2D eigenvalue weighted by molar-refractivity contribution is -0.152. The Hall–Kier alpha value is -2.69. The molecule has 0 aromatic heterocycles. The Kier molecular flexibility index (Phi) is 5.68. The van der Waals surface area contributed by atoms with Crippen LogP contribution in [0.25, 0.3) is 0 Å². The fraction of sp³-hybridized carbons (Fsp3) is 0.263. The van der Waals surface area contributed by atoms with Gasteiger partial charge in [-0.3, -0.25) is 9.59 Å². The Morgan fingerprint density at radius 2 is 1.92 bits per heavy atom. The van der Waals surface area contributed by atoms with Crippen LogP contribution in [0.5, 0.6) is 0 Å². The number of carbonyl (C=O) groups excluding carboxylic acids is 2. The van der Waals surface area contributed by atoms with E-state index >= 15 is 0 Å². The first-order chi connectivity index (χ1) is 11.3. The Bertz CT molecular complexity index is 758. The number of anilines is 1. The molecular weight excluding hydrogens is 309 g/mol. The lowest BCUT2D eigenvalue weighted by Crippen LogP contribution is -2.30. The van der Waals surface area contributed by atoms with Crippen molar-refractivity contribution >= 4 is 17.6 Å². The van der Waals surface area contributed by atoms with Gasteiger partial charge in [0.25, 0.3) is 5.91 Å². The molecule has 0 aliphatic rings. The first-order valence-electron chi connectivity index (χ1n) is 7.67. The first kappa shape index (κ1) is 17.7. The maximum Gasteiger partial charge on any atom is 0.311 e. The molecule has 0 heterocycles. The molecule has 2 aromatic rings. The average Bonchev–Trinajstić information content (AvgIpc) is 2.50. The first-order valence-corrected chi connectivity index (χ1v) is 7.67. The Morgan fingerprint density at radius 3 is 2.62 bits per heavy atom. The number of hydrogen-bond donors (Lipinski definition) is 1. The summed E-state index contributed by atoms with van der Waals surface area (Å²) in [6.07, 6.45) is -1.02. The summed E-state index contributed by atoms with van der Waals surface area (Å²) >= 11 is 0. The third-order valence-electron chi connectivity index (χ3n) is 3.57. The highest BCUT2D eigenvalue weighted by Gasteiger charge is 2.19. The highest BCUT2D eigenvalue weighted by atomic mass is 19.1. The number of aryl methyl sites for hydroxylation is 2. The van der Waals surface area contributed by atoms with Crippen LogP contribution in [-0.2, 0) is 20.7 Å². The van der Waals surface area contributed by atoms with Crippen LogP contribution >= 0.6 is 0 Å². The van der Waals surface area contributed by atoms with Gasteiger partial charge < -0.3 is 10.1 Å². The Balaban J connectivity index is 1.93. The van der Waals surface area contributed by atoms with E-state index in [1.807, 2.05) is 32.0 Å². The van der Waals surface area contributed by atoms with Crippen molar-refractivity contribution in [2.24, 2.45) is 0 Å². The van der Waals surface area contributed by atoms with Crippen LogP contribution in [0.2, 0.25) is 0 Å². The lowest BCUT2D eigenvalue weighted by atomic mass is 10.1. The van der Waals surface area contributed by atoms with E-state index in [0.717, 1.165) is 11.1 Å². The summed E-state index contributed by atoms with van der Waals surface area (Å²) in [5, 5.41) is 2.75. The number of ether oxygens (including phenoxy) is 1. The summed E-state index contributed by atoms with van der Waals surface area (Å²) in [6.45, 7) is 5.32. The highest BCUT2D eigenvalue weighted by molar-refractivity contribution is 5.95. The summed E-state index contributed by atoms with van der Waals surface area (Å²) in [6, 6.07) is 11.4. The third-order valence-corrected chi connectivity index (χ3v) is 3.57. The molecule has 1 amide bonds. The van der Waals surface area contributed by atoms with Crippen LogP contribution in [0, 0.1) is 19.7 Å². The second-order valence-electron chi connectivity index (χ2n) is 5.75. The minimum absolute atomic E-state index is 0.0845. The molecule has 0 bridgehead atoms. The summed E-state index contributed by atoms with van der Waals surface area (Å²) < 4.78 is 18.2. The van der Waals surface area contributed by atoms with Crippen LogP contribution in [-0.4, -0.2) is 18.0 Å². The number of halogens is 1. The zero-order valence-corrected chi connectivity index (χ0v) is 13.9. The number of rotatable bonds is 5. The molecule has 4 nitrogen and oxygen atoms in total. The normalized spacial score (nSPS) is 11.7. The van der Waals surface area contributed by atoms with Crippen molar-refractivity contribution in [3.63, 3.8) is 0 Å². The number of carbonyl (C=O) groups is 2. The van der Waals surface area contributed by atoms with Crippen molar-refractivity contribution in [1.82, 2.24) is 0 Å². The monoisotopic (exact) mass is 329 g/mol. The van der Waals surface area contributed by atoms with Gasteiger partial charge in [0.1, 0.15) is 5.82 Å². The van der Waals surface area contributed by atoms with Gasteiger partial charge in [0.2, 0.25) is 0 Å². The van der Waals surface area contributed by atoms with E-state index in [1.54, 1.807) is 6.07 Å². The van der Waals surface area contributed by atoms with Crippen LogP contribution < -0.4 is 5.32 Å². The largest absolute Gasteiger partial charge is 0.452 e. The van der Waals surface area contributed by atoms with E-state index in [9.17, 15) is 14.0 Å². The maximum absolute atomic E-state index is 13.1. The molecule has 126 valence electrons. The van der Waals surface area contributed by atoms with E-state index in [-0.39, 0.29) is 6.42 Å². The van der Waals surface area contributed by atoms with E-state index in [2.05, 4.69) is 5.32 Å². The molecule has 0 aliphatic carbocycles. The molecule has 24 heavy (non-hydrogen) atoms. The van der Waals surface area contributed by atoms with Crippen LogP contribution in [0.1, 0.15) is 23.6 Å². The van der Waals surface area contributed by atoms with Crippen molar-refractivity contribution in [2.45, 2.75) is 33.3 Å². The predicted octanol–water partition coefficient (Wildman–Crippen LogP) is 3.56. The van der Waals surface area contributed by atoms with Crippen LogP contribution in [0.3, 0.4) is 0 Å². The Morgan fingerprint density at radius 1 is 1.17 bits per heavy atom. The highest BCUT2D eigenvalue weighted by Crippen LogP contribution is 2.17. The van der Waals surface area contributed by atoms with Gasteiger partial charge in [-0.25, -0.2) is 4.39 Å². The average molecular weight is 329 g/mol. The van der Waals surface area contributed by atoms with Crippen molar-refractivity contribution in [3.8, 4) is 0 Å². The van der Waals surface area contributed by atoms with Crippen molar-refractivity contribution < 1.29 is 18.7 Å². The molecule has 0 spiro atoms. The zero-order valence-electron chi connectivity index (χ0n) is 13.9. The molecule has 0 radical (unpaired) electrons. The second-order valence-corrected chi connectivity index (χ2v) is 5.75.